The number of aryl methyl sites for hydroxylation is 1. The van der Waals surface area contributed by atoms with E-state index in [-0.39, 0.29) is 12.0 Å². The first-order valence-corrected chi connectivity index (χ1v) is 4.65. The molecule has 0 aliphatic carbocycles. The first-order valence-electron chi connectivity index (χ1n) is 4.65. The van der Waals surface area contributed by atoms with Crippen LogP contribution in [0.4, 0.5) is 13.2 Å². The Labute approximate surface area is 90.7 Å². The fourth-order valence-electron chi connectivity index (χ4n) is 1.46. The number of alkyl halides is 3. The Morgan fingerprint density at radius 1 is 1.38 bits per heavy atom. The third kappa shape index (κ3) is 3.92. The number of carboxylic acid groups (broad SMARTS) is 1. The summed E-state index contributed by atoms with van der Waals surface area (Å²) in [6.45, 7) is 1.55. The summed E-state index contributed by atoms with van der Waals surface area (Å²) >= 11 is 0. The van der Waals surface area contributed by atoms with E-state index in [9.17, 15) is 18.0 Å². The van der Waals surface area contributed by atoms with Crippen LogP contribution in [0.3, 0.4) is 0 Å². The molecule has 1 aromatic carbocycles. The van der Waals surface area contributed by atoms with Gasteiger partial charge in [-0.05, 0) is 23.6 Å². The SMILES string of the molecule is Cc1cc(CC(=O)O)ccc1CC(F)(F)F. The van der Waals surface area contributed by atoms with Gasteiger partial charge in [0, 0.05) is 0 Å². The third-order valence-electron chi connectivity index (χ3n) is 2.15. The Morgan fingerprint density at radius 2 is 2.00 bits per heavy atom. The Balaban J connectivity index is 2.87. The summed E-state index contributed by atoms with van der Waals surface area (Å²) in [5.41, 5.74) is 1.16. The largest absolute Gasteiger partial charge is 0.481 e. The number of hydrogen-bond donors (Lipinski definition) is 1. The van der Waals surface area contributed by atoms with Gasteiger partial charge in [0.2, 0.25) is 0 Å². The lowest BCUT2D eigenvalue weighted by Gasteiger charge is -2.10. The van der Waals surface area contributed by atoms with Gasteiger partial charge in [-0.25, -0.2) is 0 Å². The molecule has 0 aromatic heterocycles. The minimum Gasteiger partial charge on any atom is -0.481 e. The van der Waals surface area contributed by atoms with Crippen molar-refractivity contribution in [2.75, 3.05) is 0 Å². The number of benzene rings is 1. The maximum absolute atomic E-state index is 12.1. The summed E-state index contributed by atoms with van der Waals surface area (Å²) in [5, 5.41) is 8.53. The van der Waals surface area contributed by atoms with E-state index < -0.39 is 18.6 Å². The molecule has 0 saturated heterocycles. The lowest BCUT2D eigenvalue weighted by atomic mass is 10.0. The highest BCUT2D eigenvalue weighted by molar-refractivity contribution is 5.70. The summed E-state index contributed by atoms with van der Waals surface area (Å²) in [7, 11) is 0. The Bertz CT molecular complexity index is 397. The van der Waals surface area contributed by atoms with E-state index >= 15 is 0 Å². The number of aliphatic carboxylic acids is 1. The lowest BCUT2D eigenvalue weighted by Crippen LogP contribution is -2.12. The van der Waals surface area contributed by atoms with Gasteiger partial charge < -0.3 is 5.11 Å². The van der Waals surface area contributed by atoms with E-state index in [1.807, 2.05) is 0 Å². The molecule has 0 bridgehead atoms. The molecule has 0 saturated carbocycles. The maximum Gasteiger partial charge on any atom is 0.393 e. The van der Waals surface area contributed by atoms with Crippen LogP contribution >= 0.6 is 0 Å². The summed E-state index contributed by atoms with van der Waals surface area (Å²) < 4.78 is 36.4. The first-order chi connectivity index (χ1) is 7.28. The van der Waals surface area contributed by atoms with Crippen LogP contribution in [-0.2, 0) is 17.6 Å². The van der Waals surface area contributed by atoms with E-state index in [1.165, 1.54) is 18.2 Å². The van der Waals surface area contributed by atoms with Crippen molar-refractivity contribution < 1.29 is 23.1 Å². The number of halogens is 3. The van der Waals surface area contributed by atoms with Gasteiger partial charge in [0.1, 0.15) is 0 Å². The van der Waals surface area contributed by atoms with Crippen LogP contribution in [-0.4, -0.2) is 17.3 Å². The van der Waals surface area contributed by atoms with Crippen molar-refractivity contribution in [1.29, 1.82) is 0 Å². The molecule has 0 unspecified atom stereocenters. The molecule has 5 heteroatoms. The second kappa shape index (κ2) is 4.55. The number of carboxylic acids is 1. The number of rotatable bonds is 3. The van der Waals surface area contributed by atoms with Gasteiger partial charge in [-0.2, -0.15) is 13.2 Å². The van der Waals surface area contributed by atoms with Crippen LogP contribution in [0.2, 0.25) is 0 Å². The highest BCUT2D eigenvalue weighted by Crippen LogP contribution is 2.23. The molecule has 0 aliphatic heterocycles. The van der Waals surface area contributed by atoms with Gasteiger partial charge in [0.05, 0.1) is 12.8 Å². The molecule has 1 N–H and O–H groups in total. The average molecular weight is 232 g/mol. The zero-order valence-electron chi connectivity index (χ0n) is 8.64. The molecular formula is C11H11F3O2. The smallest absolute Gasteiger partial charge is 0.393 e. The molecule has 0 radical (unpaired) electrons. The summed E-state index contributed by atoms with van der Waals surface area (Å²) in [6, 6.07) is 4.23. The second-order valence-electron chi connectivity index (χ2n) is 3.62. The monoisotopic (exact) mass is 232 g/mol. The first kappa shape index (κ1) is 12.5. The fraction of sp³-hybridized carbons (Fsp3) is 0.364. The second-order valence-corrected chi connectivity index (χ2v) is 3.62. The molecule has 0 spiro atoms. The molecule has 1 rings (SSSR count). The van der Waals surface area contributed by atoms with E-state index in [0.717, 1.165) is 0 Å². The zero-order chi connectivity index (χ0) is 12.3. The highest BCUT2D eigenvalue weighted by atomic mass is 19.4. The average Bonchev–Trinajstić information content (AvgIpc) is 2.06. The van der Waals surface area contributed by atoms with Gasteiger partial charge in [0.15, 0.2) is 0 Å². The molecule has 16 heavy (non-hydrogen) atoms. The van der Waals surface area contributed by atoms with E-state index in [1.54, 1.807) is 6.92 Å². The molecule has 0 fully saturated rings. The molecule has 2 nitrogen and oxygen atoms in total. The van der Waals surface area contributed by atoms with Crippen LogP contribution < -0.4 is 0 Å². The van der Waals surface area contributed by atoms with Gasteiger partial charge >= 0.3 is 12.1 Å². The number of hydrogen-bond acceptors (Lipinski definition) is 1. The summed E-state index contributed by atoms with van der Waals surface area (Å²) in [6.07, 6.45) is -5.39. The molecular weight excluding hydrogens is 221 g/mol. The summed E-state index contributed by atoms with van der Waals surface area (Å²) in [4.78, 5) is 10.4. The minimum absolute atomic E-state index is 0.173. The molecule has 0 aliphatic rings. The van der Waals surface area contributed by atoms with Crippen LogP contribution in [0.1, 0.15) is 16.7 Å². The highest BCUT2D eigenvalue weighted by Gasteiger charge is 2.28. The van der Waals surface area contributed by atoms with E-state index in [4.69, 9.17) is 5.11 Å². The molecule has 1 aromatic rings. The Kier molecular flexibility index (Phi) is 3.57. The van der Waals surface area contributed by atoms with Crippen molar-refractivity contribution in [1.82, 2.24) is 0 Å². The third-order valence-corrected chi connectivity index (χ3v) is 2.15. The predicted octanol–water partition coefficient (Wildman–Crippen LogP) is 2.73. The minimum atomic E-state index is -4.24. The van der Waals surface area contributed by atoms with Gasteiger partial charge in [0.25, 0.3) is 0 Å². The predicted molar refractivity (Wildman–Crippen MR) is 52.3 cm³/mol. The molecule has 0 amide bonds. The lowest BCUT2D eigenvalue weighted by molar-refractivity contribution is -0.136. The van der Waals surface area contributed by atoms with E-state index in [2.05, 4.69) is 0 Å². The fourth-order valence-corrected chi connectivity index (χ4v) is 1.46. The van der Waals surface area contributed by atoms with Crippen molar-refractivity contribution in [2.45, 2.75) is 25.9 Å². The van der Waals surface area contributed by atoms with Crippen LogP contribution in [0.25, 0.3) is 0 Å². The molecule has 0 heterocycles. The van der Waals surface area contributed by atoms with E-state index in [0.29, 0.717) is 11.1 Å². The van der Waals surface area contributed by atoms with Crippen molar-refractivity contribution in [2.24, 2.45) is 0 Å². The zero-order valence-corrected chi connectivity index (χ0v) is 8.64. The van der Waals surface area contributed by atoms with Crippen molar-refractivity contribution in [3.8, 4) is 0 Å². The van der Waals surface area contributed by atoms with Crippen molar-refractivity contribution in [3.63, 3.8) is 0 Å². The van der Waals surface area contributed by atoms with Crippen molar-refractivity contribution in [3.05, 3.63) is 34.9 Å². The standard InChI is InChI=1S/C11H11F3O2/c1-7-4-8(5-10(15)16)2-3-9(7)6-11(12,13)14/h2-4H,5-6H2,1H3,(H,15,16). The maximum atomic E-state index is 12.1. The molecule has 0 atom stereocenters. The number of carbonyl (C=O) groups is 1. The Morgan fingerprint density at radius 3 is 2.44 bits per heavy atom. The van der Waals surface area contributed by atoms with Gasteiger partial charge in [-0.3, -0.25) is 4.79 Å². The van der Waals surface area contributed by atoms with Crippen LogP contribution in [0, 0.1) is 6.92 Å². The molecule has 88 valence electrons. The van der Waals surface area contributed by atoms with Gasteiger partial charge in [-0.1, -0.05) is 18.2 Å². The topological polar surface area (TPSA) is 37.3 Å². The Hall–Kier alpha value is -1.52. The van der Waals surface area contributed by atoms with Gasteiger partial charge in [-0.15, -0.1) is 0 Å². The van der Waals surface area contributed by atoms with Crippen LogP contribution in [0.15, 0.2) is 18.2 Å². The van der Waals surface area contributed by atoms with Crippen molar-refractivity contribution >= 4 is 5.97 Å². The normalized spacial score (nSPS) is 11.5. The van der Waals surface area contributed by atoms with Crippen LogP contribution in [0.5, 0.6) is 0 Å². The quantitative estimate of drug-likeness (QED) is 0.869. The summed E-state index contributed by atoms with van der Waals surface area (Å²) in [5.74, 6) is -0.997.